The molecule has 0 aliphatic heterocycles. The lowest BCUT2D eigenvalue weighted by atomic mass is 9.98. The van der Waals surface area contributed by atoms with E-state index in [0.29, 0.717) is 17.4 Å². The van der Waals surface area contributed by atoms with Crippen LogP contribution in [0.15, 0.2) is 48.5 Å². The molecule has 5 nitrogen and oxygen atoms in total. The summed E-state index contributed by atoms with van der Waals surface area (Å²) in [6.45, 7) is 7.54. The summed E-state index contributed by atoms with van der Waals surface area (Å²) in [5, 5.41) is 2.69. The normalized spacial score (nSPS) is 11.7. The molecule has 2 aromatic rings. The number of para-hydroxylation sites is 1. The van der Waals surface area contributed by atoms with Crippen LogP contribution in [-0.2, 0) is 14.3 Å². The minimum absolute atomic E-state index is 0.247. The highest BCUT2D eigenvalue weighted by molar-refractivity contribution is 5.95. The Morgan fingerprint density at radius 2 is 1.73 bits per heavy atom. The molecular weight excluding hydrogens is 330 g/mol. The van der Waals surface area contributed by atoms with Crippen LogP contribution in [0.2, 0.25) is 0 Å². The van der Waals surface area contributed by atoms with Crippen molar-refractivity contribution >= 4 is 17.6 Å². The van der Waals surface area contributed by atoms with Crippen LogP contribution in [0.25, 0.3) is 0 Å². The first-order valence-electron chi connectivity index (χ1n) is 8.65. The van der Waals surface area contributed by atoms with Crippen LogP contribution in [0.3, 0.4) is 0 Å². The topological polar surface area (TPSA) is 64.6 Å². The first-order valence-corrected chi connectivity index (χ1v) is 8.65. The van der Waals surface area contributed by atoms with Gasteiger partial charge in [0, 0.05) is 5.69 Å². The van der Waals surface area contributed by atoms with E-state index in [1.807, 2.05) is 43.3 Å². The van der Waals surface area contributed by atoms with Gasteiger partial charge in [-0.3, -0.25) is 4.79 Å². The van der Waals surface area contributed by atoms with Crippen molar-refractivity contribution in [1.82, 2.24) is 0 Å². The van der Waals surface area contributed by atoms with Crippen LogP contribution < -0.4 is 10.1 Å². The van der Waals surface area contributed by atoms with Crippen LogP contribution in [0.4, 0.5) is 5.69 Å². The zero-order chi connectivity index (χ0) is 19.1. The van der Waals surface area contributed by atoms with E-state index in [1.54, 1.807) is 12.1 Å². The molecule has 0 fully saturated rings. The number of carbonyl (C=O) groups excluding carboxylic acids is 2. The third kappa shape index (κ3) is 5.62. The van der Waals surface area contributed by atoms with Gasteiger partial charge in [0.2, 0.25) is 0 Å². The molecule has 0 unspecified atom stereocenters. The van der Waals surface area contributed by atoms with E-state index in [-0.39, 0.29) is 12.5 Å². The summed E-state index contributed by atoms with van der Waals surface area (Å²) in [5.41, 5.74) is 3.00. The van der Waals surface area contributed by atoms with Gasteiger partial charge in [-0.05, 0) is 55.2 Å². The van der Waals surface area contributed by atoms with Crippen LogP contribution >= 0.6 is 0 Å². The number of benzene rings is 2. The molecule has 0 aliphatic rings. The number of rotatable bonds is 7. The van der Waals surface area contributed by atoms with Gasteiger partial charge in [-0.25, -0.2) is 4.79 Å². The van der Waals surface area contributed by atoms with E-state index in [0.717, 1.165) is 5.56 Å². The van der Waals surface area contributed by atoms with Crippen LogP contribution in [0.1, 0.15) is 37.8 Å². The molecule has 2 rings (SSSR count). The predicted molar refractivity (Wildman–Crippen MR) is 101 cm³/mol. The van der Waals surface area contributed by atoms with Gasteiger partial charge < -0.3 is 14.8 Å². The quantitative estimate of drug-likeness (QED) is 0.761. The molecule has 0 saturated carbocycles. The second kappa shape index (κ2) is 9.04. The number of carbonyl (C=O) groups is 2. The first kappa shape index (κ1) is 19.5. The highest BCUT2D eigenvalue weighted by Gasteiger charge is 2.18. The lowest BCUT2D eigenvalue weighted by Crippen LogP contribution is -2.31. The summed E-state index contributed by atoms with van der Waals surface area (Å²) in [4.78, 5) is 24.0. The Labute approximate surface area is 154 Å². The lowest BCUT2D eigenvalue weighted by molar-refractivity contribution is -0.155. The molecule has 138 valence electrons. The van der Waals surface area contributed by atoms with Crippen LogP contribution in [-0.4, -0.2) is 24.6 Å². The summed E-state index contributed by atoms with van der Waals surface area (Å²) in [7, 11) is 0. The second-order valence-electron chi connectivity index (χ2n) is 6.45. The van der Waals surface area contributed by atoms with Gasteiger partial charge in [0.05, 0.1) is 0 Å². The first-order chi connectivity index (χ1) is 12.4. The summed E-state index contributed by atoms with van der Waals surface area (Å²) < 4.78 is 10.6. The summed E-state index contributed by atoms with van der Waals surface area (Å²) in [5.74, 6) is 0.0520. The average molecular weight is 355 g/mol. The third-order valence-electron chi connectivity index (χ3n) is 3.94. The van der Waals surface area contributed by atoms with Crippen molar-refractivity contribution in [2.24, 2.45) is 0 Å². The smallest absolute Gasteiger partial charge is 0.344 e. The highest BCUT2D eigenvalue weighted by Crippen LogP contribution is 2.23. The van der Waals surface area contributed by atoms with Gasteiger partial charge in [-0.15, -0.1) is 0 Å². The van der Waals surface area contributed by atoms with E-state index >= 15 is 0 Å². The van der Waals surface area contributed by atoms with Crippen molar-refractivity contribution < 1.29 is 19.1 Å². The molecule has 1 N–H and O–H groups in total. The van der Waals surface area contributed by atoms with Crippen LogP contribution in [0.5, 0.6) is 5.75 Å². The molecule has 0 saturated heterocycles. The molecule has 0 aromatic heterocycles. The number of hydrogen-bond donors (Lipinski definition) is 1. The van der Waals surface area contributed by atoms with E-state index in [1.165, 1.54) is 12.5 Å². The number of amides is 1. The number of nitrogens with one attached hydrogen (secondary N) is 1. The zero-order valence-corrected chi connectivity index (χ0v) is 15.6. The van der Waals surface area contributed by atoms with E-state index < -0.39 is 12.1 Å². The summed E-state index contributed by atoms with van der Waals surface area (Å²) in [6, 6.07) is 14.7. The van der Waals surface area contributed by atoms with Gasteiger partial charge in [0.15, 0.2) is 12.7 Å². The molecule has 0 heterocycles. The van der Waals surface area contributed by atoms with Gasteiger partial charge >= 0.3 is 5.97 Å². The van der Waals surface area contributed by atoms with Crippen molar-refractivity contribution in [3.8, 4) is 5.75 Å². The number of aryl methyl sites for hydroxylation is 1. The molecular formula is C21H25NO4. The van der Waals surface area contributed by atoms with Crippen molar-refractivity contribution in [3.05, 3.63) is 59.7 Å². The van der Waals surface area contributed by atoms with Gasteiger partial charge in [-0.1, -0.05) is 38.1 Å². The fourth-order valence-electron chi connectivity index (χ4n) is 2.58. The number of hydrogen-bond acceptors (Lipinski definition) is 4. The number of esters is 1. The molecule has 1 atom stereocenters. The third-order valence-corrected chi connectivity index (χ3v) is 3.94. The van der Waals surface area contributed by atoms with Gasteiger partial charge in [0.25, 0.3) is 5.91 Å². The zero-order valence-electron chi connectivity index (χ0n) is 15.6. The maximum Gasteiger partial charge on any atom is 0.344 e. The van der Waals surface area contributed by atoms with E-state index in [9.17, 15) is 9.59 Å². The fraction of sp³-hybridized carbons (Fsp3) is 0.333. The maximum absolute atomic E-state index is 12.0. The maximum atomic E-state index is 12.0. The Bertz CT molecular complexity index is 756. The monoisotopic (exact) mass is 355 g/mol. The molecule has 5 heteroatoms. The highest BCUT2D eigenvalue weighted by atomic mass is 16.6. The summed E-state index contributed by atoms with van der Waals surface area (Å²) >= 11 is 0. The van der Waals surface area contributed by atoms with Crippen molar-refractivity contribution in [3.63, 3.8) is 0 Å². The molecule has 26 heavy (non-hydrogen) atoms. The number of anilines is 1. The molecule has 0 spiro atoms. The Kier molecular flexibility index (Phi) is 6.78. The minimum atomic E-state index is -0.906. The van der Waals surface area contributed by atoms with E-state index in [2.05, 4.69) is 19.2 Å². The lowest BCUT2D eigenvalue weighted by Gasteiger charge is -2.15. The molecule has 2 aromatic carbocycles. The van der Waals surface area contributed by atoms with Crippen LogP contribution in [0, 0.1) is 6.92 Å². The largest absolute Gasteiger partial charge is 0.482 e. The SMILES string of the molecule is Cc1cc(OCC(=O)O[C@@H](C)C(=O)Nc2ccccc2)ccc1C(C)C. The van der Waals surface area contributed by atoms with Gasteiger partial charge in [-0.2, -0.15) is 0 Å². The average Bonchev–Trinajstić information content (AvgIpc) is 2.60. The minimum Gasteiger partial charge on any atom is -0.482 e. The Morgan fingerprint density at radius 3 is 2.35 bits per heavy atom. The Balaban J connectivity index is 1.82. The number of ether oxygens (including phenoxy) is 2. The Hall–Kier alpha value is -2.82. The predicted octanol–water partition coefficient (Wildman–Crippen LogP) is 4.07. The standard InChI is InChI=1S/C21H25NO4/c1-14(2)19-11-10-18(12-15(19)3)25-13-20(23)26-16(4)21(24)22-17-8-6-5-7-9-17/h5-12,14,16H,13H2,1-4H3,(H,22,24)/t16-/m0/s1. The van der Waals surface area contributed by atoms with Crippen molar-refractivity contribution in [2.45, 2.75) is 39.7 Å². The second-order valence-corrected chi connectivity index (χ2v) is 6.45. The van der Waals surface area contributed by atoms with Crippen molar-refractivity contribution in [2.75, 3.05) is 11.9 Å². The molecule has 0 radical (unpaired) electrons. The molecule has 0 bridgehead atoms. The van der Waals surface area contributed by atoms with Crippen molar-refractivity contribution in [1.29, 1.82) is 0 Å². The molecule has 0 aliphatic carbocycles. The van der Waals surface area contributed by atoms with E-state index in [4.69, 9.17) is 9.47 Å². The Morgan fingerprint density at radius 1 is 1.04 bits per heavy atom. The fourth-order valence-corrected chi connectivity index (χ4v) is 2.58. The summed E-state index contributed by atoms with van der Waals surface area (Å²) in [6.07, 6.45) is -0.906. The molecule has 1 amide bonds. The van der Waals surface area contributed by atoms with Gasteiger partial charge in [0.1, 0.15) is 5.75 Å².